The molecule has 0 spiro atoms. The van der Waals surface area contributed by atoms with E-state index >= 15 is 0 Å². The van der Waals surface area contributed by atoms with Gasteiger partial charge in [0, 0.05) is 12.7 Å². The fraction of sp³-hybridized carbons (Fsp3) is 0.0952. The molecule has 0 radical (unpaired) electrons. The van der Waals surface area contributed by atoms with E-state index in [-0.39, 0.29) is 6.04 Å². The predicted molar refractivity (Wildman–Crippen MR) is 105 cm³/mol. The van der Waals surface area contributed by atoms with Gasteiger partial charge in [-0.1, -0.05) is 78.9 Å². The van der Waals surface area contributed by atoms with Crippen molar-refractivity contribution >= 4 is 23.0 Å². The molecule has 0 fully saturated rings. The molecule has 0 aliphatic heterocycles. The maximum absolute atomic E-state index is 5.65. The van der Waals surface area contributed by atoms with Gasteiger partial charge in [0.1, 0.15) is 0 Å². The highest BCUT2D eigenvalue weighted by molar-refractivity contribution is 7.80. The molecule has 2 nitrogen and oxygen atoms in total. The van der Waals surface area contributed by atoms with Crippen molar-refractivity contribution in [2.75, 3.05) is 12.4 Å². The van der Waals surface area contributed by atoms with Crippen LogP contribution in [-0.2, 0) is 0 Å². The number of anilines is 1. The maximum Gasteiger partial charge on any atom is 0.173 e. The highest BCUT2D eigenvalue weighted by Crippen LogP contribution is 2.28. The summed E-state index contributed by atoms with van der Waals surface area (Å²) in [5, 5.41) is 4.01. The minimum Gasteiger partial charge on any atom is -0.341 e. The van der Waals surface area contributed by atoms with Crippen LogP contribution in [0.15, 0.2) is 91.0 Å². The summed E-state index contributed by atoms with van der Waals surface area (Å²) in [6.45, 7) is 0. The number of para-hydroxylation sites is 1. The van der Waals surface area contributed by atoms with Crippen LogP contribution in [0.3, 0.4) is 0 Å². The summed E-state index contributed by atoms with van der Waals surface area (Å²) in [6, 6.07) is 31.0. The van der Waals surface area contributed by atoms with E-state index in [4.69, 9.17) is 12.2 Å². The number of benzene rings is 3. The quantitative estimate of drug-likeness (QED) is 0.669. The van der Waals surface area contributed by atoms with Gasteiger partial charge in [-0.25, -0.2) is 0 Å². The van der Waals surface area contributed by atoms with Crippen molar-refractivity contribution in [2.45, 2.75) is 6.04 Å². The Bertz CT molecular complexity index is 733. The first-order valence-corrected chi connectivity index (χ1v) is 8.35. The van der Waals surface area contributed by atoms with Crippen LogP contribution in [0.25, 0.3) is 0 Å². The average molecular weight is 332 g/mol. The van der Waals surface area contributed by atoms with E-state index in [9.17, 15) is 0 Å². The third kappa shape index (κ3) is 3.81. The molecule has 3 rings (SSSR count). The van der Waals surface area contributed by atoms with Crippen LogP contribution in [-0.4, -0.2) is 17.1 Å². The zero-order chi connectivity index (χ0) is 16.8. The lowest BCUT2D eigenvalue weighted by Crippen LogP contribution is -2.35. The summed E-state index contributed by atoms with van der Waals surface area (Å²) in [7, 11) is 2.03. The van der Waals surface area contributed by atoms with Crippen molar-refractivity contribution in [2.24, 2.45) is 0 Å². The second-order valence-corrected chi connectivity index (χ2v) is 6.02. The smallest absolute Gasteiger partial charge is 0.173 e. The van der Waals surface area contributed by atoms with Gasteiger partial charge in [-0.05, 0) is 35.5 Å². The summed E-state index contributed by atoms with van der Waals surface area (Å²) in [4.78, 5) is 2.10. The first-order chi connectivity index (χ1) is 11.8. The molecule has 0 atom stereocenters. The molecule has 0 aromatic heterocycles. The Hall–Kier alpha value is -2.65. The van der Waals surface area contributed by atoms with Gasteiger partial charge in [-0.3, -0.25) is 0 Å². The number of nitrogens with one attached hydrogen (secondary N) is 1. The summed E-state index contributed by atoms with van der Waals surface area (Å²) >= 11 is 5.65. The van der Waals surface area contributed by atoms with Crippen LogP contribution in [0.1, 0.15) is 17.2 Å². The molecule has 0 saturated carbocycles. The molecule has 1 N–H and O–H groups in total. The zero-order valence-electron chi connectivity index (χ0n) is 13.6. The van der Waals surface area contributed by atoms with Crippen molar-refractivity contribution < 1.29 is 0 Å². The number of hydrogen-bond acceptors (Lipinski definition) is 1. The Morgan fingerprint density at radius 2 is 1.17 bits per heavy atom. The summed E-state index contributed by atoms with van der Waals surface area (Å²) < 4.78 is 0. The van der Waals surface area contributed by atoms with Gasteiger partial charge < -0.3 is 10.2 Å². The molecule has 3 aromatic rings. The topological polar surface area (TPSA) is 15.3 Å². The van der Waals surface area contributed by atoms with Crippen LogP contribution in [0.2, 0.25) is 0 Å². The van der Waals surface area contributed by atoms with Gasteiger partial charge in [0.05, 0.1) is 6.04 Å². The molecular weight excluding hydrogens is 312 g/mol. The Morgan fingerprint density at radius 1 is 0.750 bits per heavy atom. The molecule has 0 aliphatic rings. The van der Waals surface area contributed by atoms with E-state index in [1.807, 2.05) is 49.5 Å². The van der Waals surface area contributed by atoms with E-state index in [2.05, 4.69) is 58.7 Å². The second kappa shape index (κ2) is 7.75. The highest BCUT2D eigenvalue weighted by Gasteiger charge is 2.21. The second-order valence-electron chi connectivity index (χ2n) is 5.63. The third-order valence-corrected chi connectivity index (χ3v) is 4.35. The Kier molecular flexibility index (Phi) is 5.24. The maximum atomic E-state index is 5.65. The van der Waals surface area contributed by atoms with E-state index in [1.165, 1.54) is 11.1 Å². The summed E-state index contributed by atoms with van der Waals surface area (Å²) in [5.41, 5.74) is 3.42. The number of hydrogen-bond donors (Lipinski definition) is 1. The van der Waals surface area contributed by atoms with Crippen LogP contribution in [0.5, 0.6) is 0 Å². The van der Waals surface area contributed by atoms with Crippen LogP contribution in [0.4, 0.5) is 5.69 Å². The number of rotatable bonds is 4. The molecular formula is C21H20N2S. The molecule has 3 aromatic carbocycles. The van der Waals surface area contributed by atoms with Gasteiger partial charge in [-0.15, -0.1) is 0 Å². The first-order valence-electron chi connectivity index (χ1n) is 7.94. The van der Waals surface area contributed by atoms with Crippen LogP contribution in [0, 0.1) is 0 Å². The van der Waals surface area contributed by atoms with Crippen molar-refractivity contribution in [3.8, 4) is 0 Å². The zero-order valence-corrected chi connectivity index (χ0v) is 14.4. The SMILES string of the molecule is CN(C(=S)Nc1ccccc1)C(c1ccccc1)c1ccccc1. The molecule has 0 amide bonds. The highest BCUT2D eigenvalue weighted by atomic mass is 32.1. The average Bonchev–Trinajstić information content (AvgIpc) is 2.64. The predicted octanol–water partition coefficient (Wildman–Crippen LogP) is 5.10. The van der Waals surface area contributed by atoms with Crippen molar-refractivity contribution in [1.29, 1.82) is 0 Å². The van der Waals surface area contributed by atoms with Crippen molar-refractivity contribution in [1.82, 2.24) is 4.90 Å². The third-order valence-electron chi connectivity index (χ3n) is 3.96. The van der Waals surface area contributed by atoms with Crippen LogP contribution < -0.4 is 5.32 Å². The molecule has 0 saturated heterocycles. The van der Waals surface area contributed by atoms with E-state index in [1.54, 1.807) is 0 Å². The van der Waals surface area contributed by atoms with E-state index in [0.717, 1.165) is 5.69 Å². The Labute approximate surface area is 148 Å². The Balaban J connectivity index is 1.89. The molecule has 0 bridgehead atoms. The van der Waals surface area contributed by atoms with Gasteiger partial charge in [0.25, 0.3) is 0 Å². The van der Waals surface area contributed by atoms with E-state index in [0.29, 0.717) is 5.11 Å². The summed E-state index contributed by atoms with van der Waals surface area (Å²) in [5.74, 6) is 0. The molecule has 120 valence electrons. The fourth-order valence-corrected chi connectivity index (χ4v) is 2.98. The number of thiocarbonyl (C=S) groups is 1. The standard InChI is InChI=1S/C21H20N2S/c1-23(21(24)22-19-15-9-4-10-16-19)20(17-11-5-2-6-12-17)18-13-7-3-8-14-18/h2-16,20H,1H3,(H,22,24). The molecule has 0 aliphatic carbocycles. The molecule has 3 heteroatoms. The van der Waals surface area contributed by atoms with Gasteiger partial charge in [0.15, 0.2) is 5.11 Å². The molecule has 24 heavy (non-hydrogen) atoms. The lowest BCUT2D eigenvalue weighted by atomic mass is 9.98. The van der Waals surface area contributed by atoms with E-state index < -0.39 is 0 Å². The normalized spacial score (nSPS) is 10.4. The molecule has 0 heterocycles. The van der Waals surface area contributed by atoms with Gasteiger partial charge >= 0.3 is 0 Å². The Morgan fingerprint density at radius 3 is 1.62 bits per heavy atom. The monoisotopic (exact) mass is 332 g/mol. The van der Waals surface area contributed by atoms with Crippen molar-refractivity contribution in [3.63, 3.8) is 0 Å². The van der Waals surface area contributed by atoms with Crippen molar-refractivity contribution in [3.05, 3.63) is 102 Å². The fourth-order valence-electron chi connectivity index (χ4n) is 2.76. The number of nitrogens with zero attached hydrogens (tertiary/aromatic N) is 1. The first kappa shape index (κ1) is 16.2. The lowest BCUT2D eigenvalue weighted by Gasteiger charge is -2.31. The van der Waals surface area contributed by atoms with Gasteiger partial charge in [-0.2, -0.15) is 0 Å². The minimum atomic E-state index is 0.0658. The largest absolute Gasteiger partial charge is 0.341 e. The van der Waals surface area contributed by atoms with Gasteiger partial charge in [0.2, 0.25) is 0 Å². The lowest BCUT2D eigenvalue weighted by molar-refractivity contribution is 0.434. The summed E-state index contributed by atoms with van der Waals surface area (Å²) in [6.07, 6.45) is 0. The molecule has 0 unspecified atom stereocenters. The minimum absolute atomic E-state index is 0.0658. The van der Waals surface area contributed by atoms with Crippen LogP contribution >= 0.6 is 12.2 Å².